The highest BCUT2D eigenvalue weighted by Crippen LogP contribution is 2.27. The standard InChI is InChI=1S/C9H12IN3O4.C4H4IN3O/c10-4-2-13(9(16)12-8(4)11)7-1-5(15)6(3-14)17-7;5-2-1-7-4(9)8-3(2)6/h2,5-7,14-15H,1,3H2,(H2,11,12,16);1H,(H3,6,7,8,9)/t5-,6+,7+;/m0./s1. The minimum absolute atomic E-state index is 0.170. The molecule has 1 saturated heterocycles. The molecule has 0 saturated carbocycles. The molecule has 1 aliphatic heterocycles. The summed E-state index contributed by atoms with van der Waals surface area (Å²) in [6, 6.07) is 0. The van der Waals surface area contributed by atoms with E-state index in [9.17, 15) is 14.7 Å². The van der Waals surface area contributed by atoms with Crippen LogP contribution in [0.15, 0.2) is 22.0 Å². The normalized spacial score (nSPS) is 21.9. The van der Waals surface area contributed by atoms with Crippen molar-refractivity contribution in [1.29, 1.82) is 0 Å². The molecular weight excluding hydrogens is 574 g/mol. The molecule has 2 aromatic heterocycles. The Labute approximate surface area is 174 Å². The van der Waals surface area contributed by atoms with Gasteiger partial charge in [0.1, 0.15) is 24.0 Å². The lowest BCUT2D eigenvalue weighted by atomic mass is 10.2. The molecule has 0 spiro atoms. The SMILES string of the molecule is Nc1nc(=O)[nH]cc1I.Nc1nc(=O)n([C@H]2C[C@H](O)[C@@H](CO)O2)cc1I. The molecule has 2 aromatic rings. The average molecular weight is 590 g/mol. The third-order valence-corrected chi connectivity index (χ3v) is 5.11. The van der Waals surface area contributed by atoms with Crippen molar-refractivity contribution < 1.29 is 14.9 Å². The van der Waals surface area contributed by atoms with Crippen molar-refractivity contribution in [3.05, 3.63) is 40.5 Å². The number of ether oxygens (including phenoxy) is 1. The van der Waals surface area contributed by atoms with Crippen molar-refractivity contribution in [3.63, 3.8) is 0 Å². The molecular formula is C13H16I2N6O5. The Morgan fingerprint density at radius 2 is 1.92 bits per heavy atom. The highest BCUT2D eigenvalue weighted by molar-refractivity contribution is 14.1. The largest absolute Gasteiger partial charge is 0.394 e. The van der Waals surface area contributed by atoms with E-state index in [0.29, 0.717) is 3.57 Å². The highest BCUT2D eigenvalue weighted by Gasteiger charge is 2.35. The summed E-state index contributed by atoms with van der Waals surface area (Å²) in [4.78, 5) is 31.5. The topological polar surface area (TPSA) is 182 Å². The summed E-state index contributed by atoms with van der Waals surface area (Å²) < 4.78 is 8.03. The number of H-pyrrole nitrogens is 1. The van der Waals surface area contributed by atoms with Gasteiger partial charge in [0, 0.05) is 18.8 Å². The van der Waals surface area contributed by atoms with Gasteiger partial charge in [-0.25, -0.2) is 9.59 Å². The second-order valence-electron chi connectivity index (χ2n) is 5.22. The van der Waals surface area contributed by atoms with Gasteiger partial charge in [-0.1, -0.05) is 0 Å². The molecule has 0 amide bonds. The molecule has 0 aromatic carbocycles. The number of halogens is 2. The third kappa shape index (κ3) is 5.12. The Balaban J connectivity index is 0.000000228. The fraction of sp³-hybridized carbons (Fsp3) is 0.385. The third-order valence-electron chi connectivity index (χ3n) is 3.42. The number of nitrogens with two attached hydrogens (primary N) is 2. The summed E-state index contributed by atoms with van der Waals surface area (Å²) in [6.07, 6.45) is 1.23. The second kappa shape index (κ2) is 9.07. The van der Waals surface area contributed by atoms with Crippen LogP contribution in [0.5, 0.6) is 0 Å². The van der Waals surface area contributed by atoms with Crippen LogP contribution in [0.2, 0.25) is 0 Å². The Morgan fingerprint density at radius 3 is 2.46 bits per heavy atom. The number of aromatic nitrogens is 4. The van der Waals surface area contributed by atoms with E-state index in [0.717, 1.165) is 3.57 Å². The van der Waals surface area contributed by atoms with Gasteiger partial charge in [0.15, 0.2) is 0 Å². The first kappa shape index (κ1) is 21.0. The molecule has 3 rings (SSSR count). The molecule has 26 heavy (non-hydrogen) atoms. The van der Waals surface area contributed by atoms with Crippen LogP contribution in [0.1, 0.15) is 12.6 Å². The van der Waals surface area contributed by atoms with Gasteiger partial charge in [-0.15, -0.1) is 0 Å². The van der Waals surface area contributed by atoms with Crippen LogP contribution in [0.3, 0.4) is 0 Å². The maximum Gasteiger partial charge on any atom is 0.351 e. The average Bonchev–Trinajstić information content (AvgIpc) is 2.96. The van der Waals surface area contributed by atoms with Crippen molar-refractivity contribution in [2.24, 2.45) is 0 Å². The van der Waals surface area contributed by atoms with Gasteiger partial charge in [-0.2, -0.15) is 9.97 Å². The molecule has 3 heterocycles. The van der Waals surface area contributed by atoms with E-state index >= 15 is 0 Å². The molecule has 13 heteroatoms. The Bertz CT molecular complexity index is 888. The van der Waals surface area contributed by atoms with E-state index < -0.39 is 29.8 Å². The van der Waals surface area contributed by atoms with Gasteiger partial charge in [-0.05, 0) is 45.2 Å². The van der Waals surface area contributed by atoms with Crippen LogP contribution in [0.4, 0.5) is 11.6 Å². The highest BCUT2D eigenvalue weighted by atomic mass is 127. The summed E-state index contributed by atoms with van der Waals surface area (Å²) in [5, 5.41) is 18.5. The Hall–Kier alpha value is -1.30. The first-order valence-electron chi connectivity index (χ1n) is 7.22. The van der Waals surface area contributed by atoms with E-state index in [-0.39, 0.29) is 24.7 Å². The van der Waals surface area contributed by atoms with Crippen LogP contribution >= 0.6 is 45.2 Å². The van der Waals surface area contributed by atoms with Crippen molar-refractivity contribution in [1.82, 2.24) is 19.5 Å². The molecule has 0 radical (unpaired) electrons. The van der Waals surface area contributed by atoms with E-state index in [1.54, 1.807) is 0 Å². The number of aliphatic hydroxyl groups excluding tert-OH is 2. The van der Waals surface area contributed by atoms with E-state index in [4.69, 9.17) is 21.3 Å². The summed E-state index contributed by atoms with van der Waals surface area (Å²) >= 11 is 3.94. The molecule has 142 valence electrons. The molecule has 3 atom stereocenters. The van der Waals surface area contributed by atoms with Crippen LogP contribution < -0.4 is 22.8 Å². The Morgan fingerprint density at radius 1 is 1.27 bits per heavy atom. The van der Waals surface area contributed by atoms with Crippen LogP contribution in [-0.2, 0) is 4.74 Å². The molecule has 1 fully saturated rings. The fourth-order valence-electron chi connectivity index (χ4n) is 2.11. The zero-order valence-electron chi connectivity index (χ0n) is 13.2. The molecule has 0 bridgehead atoms. The van der Waals surface area contributed by atoms with Crippen LogP contribution in [0.25, 0.3) is 0 Å². The van der Waals surface area contributed by atoms with E-state index in [1.165, 1.54) is 17.0 Å². The predicted molar refractivity (Wildman–Crippen MR) is 109 cm³/mol. The monoisotopic (exact) mass is 590 g/mol. The summed E-state index contributed by atoms with van der Waals surface area (Å²) in [7, 11) is 0. The number of rotatable bonds is 2. The van der Waals surface area contributed by atoms with Gasteiger partial charge in [0.2, 0.25) is 0 Å². The summed E-state index contributed by atoms with van der Waals surface area (Å²) in [6.45, 7) is -0.286. The lowest BCUT2D eigenvalue weighted by Crippen LogP contribution is -2.28. The number of aliphatic hydroxyl groups is 2. The van der Waals surface area contributed by atoms with Crippen molar-refractivity contribution in [2.45, 2.75) is 24.9 Å². The second-order valence-corrected chi connectivity index (χ2v) is 7.54. The maximum atomic E-state index is 11.6. The number of nitrogen functional groups attached to an aromatic ring is 2. The molecule has 11 nitrogen and oxygen atoms in total. The summed E-state index contributed by atoms with van der Waals surface area (Å²) in [5.41, 5.74) is 9.85. The van der Waals surface area contributed by atoms with Crippen molar-refractivity contribution >= 4 is 56.8 Å². The minimum Gasteiger partial charge on any atom is -0.394 e. The number of hydrogen-bond acceptors (Lipinski definition) is 9. The van der Waals surface area contributed by atoms with E-state index in [2.05, 4.69) is 15.0 Å². The van der Waals surface area contributed by atoms with Gasteiger partial charge in [-0.3, -0.25) is 4.57 Å². The number of anilines is 2. The Kier molecular flexibility index (Phi) is 7.33. The quantitative estimate of drug-likeness (QED) is 0.275. The zero-order chi connectivity index (χ0) is 19.4. The lowest BCUT2D eigenvalue weighted by Gasteiger charge is -2.14. The first-order chi connectivity index (χ1) is 12.2. The van der Waals surface area contributed by atoms with E-state index in [1.807, 2.05) is 45.2 Å². The van der Waals surface area contributed by atoms with Crippen molar-refractivity contribution in [2.75, 3.05) is 18.1 Å². The van der Waals surface area contributed by atoms with Gasteiger partial charge in [0.25, 0.3) is 0 Å². The number of aromatic amines is 1. The number of nitrogens with one attached hydrogen (secondary N) is 1. The van der Waals surface area contributed by atoms with Crippen LogP contribution in [0, 0.1) is 7.14 Å². The lowest BCUT2D eigenvalue weighted by molar-refractivity contribution is -0.0459. The van der Waals surface area contributed by atoms with Gasteiger partial charge >= 0.3 is 11.4 Å². The molecule has 1 aliphatic rings. The fourth-order valence-corrected chi connectivity index (χ4v) is 2.81. The van der Waals surface area contributed by atoms with Gasteiger partial charge in [0.05, 0.1) is 19.9 Å². The molecule has 0 aliphatic carbocycles. The van der Waals surface area contributed by atoms with Crippen molar-refractivity contribution in [3.8, 4) is 0 Å². The molecule has 7 N–H and O–H groups in total. The summed E-state index contributed by atoms with van der Waals surface area (Å²) in [5.74, 6) is 0.448. The number of nitrogens with zero attached hydrogens (tertiary/aromatic N) is 3. The molecule has 0 unspecified atom stereocenters. The van der Waals surface area contributed by atoms with Crippen LogP contribution in [-0.4, -0.2) is 48.5 Å². The predicted octanol–water partition coefficient (Wildman–Crippen LogP) is -0.973. The smallest absolute Gasteiger partial charge is 0.351 e. The minimum atomic E-state index is -0.785. The maximum absolute atomic E-state index is 11.6. The van der Waals surface area contributed by atoms with Gasteiger partial charge < -0.3 is 31.4 Å². The first-order valence-corrected chi connectivity index (χ1v) is 9.38. The zero-order valence-corrected chi connectivity index (χ0v) is 17.5. The number of hydrogen-bond donors (Lipinski definition) is 5.